The third-order valence-electron chi connectivity index (χ3n) is 5.26. The summed E-state index contributed by atoms with van der Waals surface area (Å²) in [6.45, 7) is 4.03. The van der Waals surface area contributed by atoms with Crippen molar-refractivity contribution >= 4 is 23.7 Å². The van der Waals surface area contributed by atoms with Crippen LogP contribution in [0.2, 0.25) is 5.02 Å². The molecule has 164 valence electrons. The van der Waals surface area contributed by atoms with Crippen LogP contribution in [0.25, 0.3) is 22.5 Å². The molecule has 0 atom stereocenters. The maximum Gasteiger partial charge on any atom is 0.238 e. The van der Waals surface area contributed by atoms with Crippen LogP contribution in [0.15, 0.2) is 70.1 Å². The molecule has 4 rings (SSSR count). The fourth-order valence-electron chi connectivity index (χ4n) is 3.47. The van der Waals surface area contributed by atoms with Gasteiger partial charge in [-0.25, -0.2) is 4.99 Å². The highest BCUT2D eigenvalue weighted by Gasteiger charge is 2.23. The second-order valence-electron chi connectivity index (χ2n) is 7.64. The molecule has 0 aliphatic heterocycles. The van der Waals surface area contributed by atoms with E-state index in [1.807, 2.05) is 62.4 Å². The second-order valence-corrected chi connectivity index (χ2v) is 8.05. The molecule has 3 aromatic carbocycles. The first kappa shape index (κ1) is 22.2. The summed E-state index contributed by atoms with van der Waals surface area (Å²) in [5.41, 5.74) is 5.57. The van der Waals surface area contributed by atoms with E-state index < -0.39 is 0 Å². The molecule has 0 fully saturated rings. The first-order chi connectivity index (χ1) is 15.9. The van der Waals surface area contributed by atoms with E-state index in [1.54, 1.807) is 12.1 Å². The Labute approximate surface area is 197 Å². The van der Waals surface area contributed by atoms with Crippen molar-refractivity contribution < 1.29 is 14.3 Å². The normalized spacial score (nSPS) is 11.0. The molecule has 0 radical (unpaired) electrons. The molecular weight excluding hydrogens is 436 g/mol. The van der Waals surface area contributed by atoms with Crippen LogP contribution in [-0.2, 0) is 0 Å². The van der Waals surface area contributed by atoms with Gasteiger partial charge in [0.2, 0.25) is 5.88 Å². The van der Waals surface area contributed by atoms with Gasteiger partial charge in [0.15, 0.2) is 11.5 Å². The number of furan rings is 1. The number of phenolic OH excluding ortho intramolecular Hbond substituents is 1. The van der Waals surface area contributed by atoms with Crippen molar-refractivity contribution in [3.8, 4) is 40.0 Å². The number of aromatic hydroxyl groups is 1. The largest absolute Gasteiger partial charge is 0.503 e. The Morgan fingerprint density at radius 1 is 1.00 bits per heavy atom. The summed E-state index contributed by atoms with van der Waals surface area (Å²) in [4.78, 5) is 4.45. The van der Waals surface area contributed by atoms with E-state index >= 15 is 0 Å². The Morgan fingerprint density at radius 3 is 2.18 bits per heavy atom. The summed E-state index contributed by atoms with van der Waals surface area (Å²) in [7, 11) is 1.44. The monoisotopic (exact) mass is 456 g/mol. The minimum atomic E-state index is -0.143. The number of nitrogens with zero attached hydrogens (tertiary/aromatic N) is 2. The smallest absolute Gasteiger partial charge is 0.238 e. The predicted molar refractivity (Wildman–Crippen MR) is 131 cm³/mol. The number of halogens is 1. The zero-order valence-corrected chi connectivity index (χ0v) is 19.1. The Hall–Kier alpha value is -4.01. The number of ether oxygens (including phenoxy) is 1. The molecule has 0 saturated carbocycles. The van der Waals surface area contributed by atoms with Crippen molar-refractivity contribution in [2.75, 3.05) is 7.11 Å². The van der Waals surface area contributed by atoms with Gasteiger partial charge in [0, 0.05) is 17.3 Å². The standard InChI is InChI=1S/C27H21ClN2O3/c1-16-4-8-19(9-5-16)24-21(14-29)27(33-26(24)20-10-6-17(2)7-11-20)30-15-18-12-22(28)25(31)23(13-18)32-3/h4-13,15,31H,1-3H3. The lowest BCUT2D eigenvalue weighted by atomic mass is 9.97. The van der Waals surface area contributed by atoms with Gasteiger partial charge in [0.25, 0.3) is 0 Å². The average molecular weight is 457 g/mol. The highest BCUT2D eigenvalue weighted by molar-refractivity contribution is 6.32. The van der Waals surface area contributed by atoms with Crippen LogP contribution in [-0.4, -0.2) is 18.4 Å². The molecule has 1 aromatic heterocycles. The number of aryl methyl sites for hydroxylation is 2. The first-order valence-corrected chi connectivity index (χ1v) is 10.6. The lowest BCUT2D eigenvalue weighted by molar-refractivity contribution is 0.373. The summed E-state index contributed by atoms with van der Waals surface area (Å²) in [5, 5.41) is 20.1. The Kier molecular flexibility index (Phi) is 6.21. The van der Waals surface area contributed by atoms with Crippen LogP contribution in [0.4, 0.5) is 5.88 Å². The molecular formula is C27H21ClN2O3. The van der Waals surface area contributed by atoms with Gasteiger partial charge in [-0.15, -0.1) is 0 Å². The quantitative estimate of drug-likeness (QED) is 0.321. The molecule has 1 heterocycles. The fourth-order valence-corrected chi connectivity index (χ4v) is 3.69. The average Bonchev–Trinajstić information content (AvgIpc) is 3.19. The number of nitriles is 1. The van der Waals surface area contributed by atoms with Crippen molar-refractivity contribution in [2.45, 2.75) is 13.8 Å². The molecule has 0 bridgehead atoms. The van der Waals surface area contributed by atoms with Crippen LogP contribution in [0.3, 0.4) is 0 Å². The van der Waals surface area contributed by atoms with Gasteiger partial charge in [-0.1, -0.05) is 71.3 Å². The molecule has 6 heteroatoms. The third kappa shape index (κ3) is 4.48. The van der Waals surface area contributed by atoms with Crippen LogP contribution in [0.5, 0.6) is 11.5 Å². The predicted octanol–water partition coefficient (Wildman–Crippen LogP) is 7.22. The topological polar surface area (TPSA) is 78.8 Å². The fraction of sp³-hybridized carbons (Fsp3) is 0.111. The van der Waals surface area contributed by atoms with Crippen molar-refractivity contribution in [1.82, 2.24) is 0 Å². The van der Waals surface area contributed by atoms with Crippen molar-refractivity contribution in [1.29, 1.82) is 5.26 Å². The summed E-state index contributed by atoms with van der Waals surface area (Å²) in [6.07, 6.45) is 1.52. The van der Waals surface area contributed by atoms with Gasteiger partial charge in [-0.2, -0.15) is 5.26 Å². The molecule has 0 saturated heterocycles. The van der Waals surface area contributed by atoms with Gasteiger partial charge in [-0.3, -0.25) is 0 Å². The van der Waals surface area contributed by atoms with Crippen LogP contribution in [0.1, 0.15) is 22.3 Å². The Morgan fingerprint density at radius 2 is 1.61 bits per heavy atom. The van der Waals surface area contributed by atoms with E-state index in [0.717, 1.165) is 22.3 Å². The van der Waals surface area contributed by atoms with E-state index in [1.165, 1.54) is 13.3 Å². The Bertz CT molecular complexity index is 1380. The van der Waals surface area contributed by atoms with E-state index in [9.17, 15) is 10.4 Å². The summed E-state index contributed by atoms with van der Waals surface area (Å²) < 4.78 is 11.3. The minimum absolute atomic E-state index is 0.136. The first-order valence-electron chi connectivity index (χ1n) is 10.2. The lowest BCUT2D eigenvalue weighted by Gasteiger charge is -2.05. The van der Waals surface area contributed by atoms with E-state index in [-0.39, 0.29) is 22.4 Å². The van der Waals surface area contributed by atoms with Gasteiger partial charge in [0.05, 0.1) is 12.1 Å². The third-order valence-corrected chi connectivity index (χ3v) is 5.55. The summed E-state index contributed by atoms with van der Waals surface area (Å²) in [5.74, 6) is 0.843. The van der Waals surface area contributed by atoms with E-state index in [2.05, 4.69) is 11.1 Å². The van der Waals surface area contributed by atoms with Gasteiger partial charge in [-0.05, 0) is 37.1 Å². The molecule has 4 aromatic rings. The van der Waals surface area contributed by atoms with Gasteiger partial charge >= 0.3 is 0 Å². The number of hydrogen-bond acceptors (Lipinski definition) is 5. The SMILES string of the molecule is COc1cc(C=Nc2oc(-c3ccc(C)cc3)c(-c3ccc(C)cc3)c2C#N)cc(Cl)c1O. The van der Waals surface area contributed by atoms with Crippen LogP contribution < -0.4 is 4.74 Å². The minimum Gasteiger partial charge on any atom is -0.503 e. The van der Waals surface area contributed by atoms with Gasteiger partial charge < -0.3 is 14.3 Å². The zero-order valence-electron chi connectivity index (χ0n) is 18.4. The van der Waals surface area contributed by atoms with Crippen molar-refractivity contribution in [2.24, 2.45) is 4.99 Å². The number of phenols is 1. The van der Waals surface area contributed by atoms with Crippen LogP contribution in [0, 0.1) is 25.2 Å². The zero-order chi connectivity index (χ0) is 23.5. The number of hydrogen-bond donors (Lipinski definition) is 1. The van der Waals surface area contributed by atoms with Crippen molar-refractivity contribution in [3.63, 3.8) is 0 Å². The Balaban J connectivity index is 1.87. The van der Waals surface area contributed by atoms with Crippen molar-refractivity contribution in [3.05, 3.63) is 87.9 Å². The summed E-state index contributed by atoms with van der Waals surface area (Å²) in [6, 6.07) is 21.3. The van der Waals surface area contributed by atoms with E-state index in [4.69, 9.17) is 20.8 Å². The number of methoxy groups -OCH3 is 1. The van der Waals surface area contributed by atoms with E-state index in [0.29, 0.717) is 22.5 Å². The second kappa shape index (κ2) is 9.23. The molecule has 0 unspecified atom stereocenters. The lowest BCUT2D eigenvalue weighted by Crippen LogP contribution is -1.88. The van der Waals surface area contributed by atoms with Gasteiger partial charge in [0.1, 0.15) is 17.4 Å². The highest BCUT2D eigenvalue weighted by Crippen LogP contribution is 2.43. The highest BCUT2D eigenvalue weighted by atomic mass is 35.5. The van der Waals surface area contributed by atoms with Crippen LogP contribution >= 0.6 is 11.6 Å². The number of aliphatic imine (C=N–C) groups is 1. The number of benzene rings is 3. The molecule has 33 heavy (non-hydrogen) atoms. The molecule has 0 aliphatic rings. The molecule has 1 N–H and O–H groups in total. The maximum absolute atomic E-state index is 10.0. The molecule has 5 nitrogen and oxygen atoms in total. The molecule has 0 aliphatic carbocycles. The summed E-state index contributed by atoms with van der Waals surface area (Å²) >= 11 is 6.09. The molecule has 0 spiro atoms. The number of rotatable bonds is 5. The maximum atomic E-state index is 10.0. The molecule has 0 amide bonds.